The van der Waals surface area contributed by atoms with Gasteiger partial charge in [-0.25, -0.2) is 10.6 Å². The number of nitrogens with zero attached hydrogens (tertiary/aromatic N) is 1. The van der Waals surface area contributed by atoms with Crippen LogP contribution in [0.25, 0.3) is 0 Å². The number of anilines is 1. The van der Waals surface area contributed by atoms with Crippen LogP contribution in [0.1, 0.15) is 114 Å². The van der Waals surface area contributed by atoms with Crippen molar-refractivity contribution in [3.05, 3.63) is 29.8 Å². The minimum atomic E-state index is -0.850. The Kier molecular flexibility index (Phi) is 16.1. The van der Waals surface area contributed by atoms with Gasteiger partial charge in [0.2, 0.25) is 0 Å². The number of benzene rings is 1. The number of hydrogen-bond acceptors (Lipinski definition) is 5. The van der Waals surface area contributed by atoms with E-state index in [1.54, 1.807) is 19.1 Å². The normalized spacial score (nSPS) is 10.7. The number of carbonyl (C=O) groups is 2. The molecule has 2 amide bonds. The summed E-state index contributed by atoms with van der Waals surface area (Å²) in [4.78, 5) is 23.7. The zero-order valence-corrected chi connectivity index (χ0v) is 20.4. The van der Waals surface area contributed by atoms with Crippen LogP contribution in [0.3, 0.4) is 0 Å². The highest BCUT2D eigenvalue weighted by molar-refractivity contribution is 6.02. The van der Waals surface area contributed by atoms with Crippen LogP contribution in [-0.2, 0) is 4.74 Å². The Morgan fingerprint density at radius 2 is 1.25 bits per heavy atom. The lowest BCUT2D eigenvalue weighted by atomic mass is 10.0. The third-order valence-electron chi connectivity index (χ3n) is 5.67. The molecule has 0 bridgehead atoms. The Bertz CT molecular complexity index is 619. The van der Waals surface area contributed by atoms with Crippen LogP contribution < -0.4 is 11.2 Å². The molecule has 182 valence electrons. The number of hydrogen-bond donors (Lipinski definition) is 2. The molecule has 3 N–H and O–H groups in total. The van der Waals surface area contributed by atoms with E-state index in [1.165, 1.54) is 83.5 Å². The Morgan fingerprint density at radius 1 is 0.781 bits per heavy atom. The van der Waals surface area contributed by atoms with Crippen molar-refractivity contribution in [2.75, 3.05) is 18.5 Å². The predicted octanol–water partition coefficient (Wildman–Crippen LogP) is 7.05. The highest BCUT2D eigenvalue weighted by atomic mass is 16.6. The maximum absolute atomic E-state index is 12.2. The molecule has 0 radical (unpaired) electrons. The van der Waals surface area contributed by atoms with Gasteiger partial charge in [-0.2, -0.15) is 5.01 Å². The van der Waals surface area contributed by atoms with Gasteiger partial charge in [0.05, 0.1) is 6.61 Å². The van der Waals surface area contributed by atoms with Gasteiger partial charge in [0.25, 0.3) is 5.91 Å². The minimum Gasteiger partial charge on any atom is -0.448 e. The SMILES string of the molecule is CCCCCCCCCCCCCCCCNc1ccc(C(=O)N(N)C(=O)OCC)cc1. The highest BCUT2D eigenvalue weighted by Crippen LogP contribution is 2.14. The fraction of sp³-hybridized carbons (Fsp3) is 0.692. The number of unbranched alkanes of at least 4 members (excludes halogenated alkanes) is 13. The van der Waals surface area contributed by atoms with Crippen molar-refractivity contribution in [1.29, 1.82) is 0 Å². The molecule has 0 aliphatic rings. The summed E-state index contributed by atoms with van der Waals surface area (Å²) in [5.41, 5.74) is 1.30. The molecular formula is C26H45N3O3. The molecule has 0 aliphatic carbocycles. The highest BCUT2D eigenvalue weighted by Gasteiger charge is 2.20. The van der Waals surface area contributed by atoms with E-state index in [2.05, 4.69) is 12.2 Å². The van der Waals surface area contributed by atoms with E-state index in [0.29, 0.717) is 10.6 Å². The van der Waals surface area contributed by atoms with E-state index in [-0.39, 0.29) is 6.61 Å². The van der Waals surface area contributed by atoms with E-state index in [4.69, 9.17) is 10.6 Å². The van der Waals surface area contributed by atoms with Crippen molar-refractivity contribution >= 4 is 17.7 Å². The van der Waals surface area contributed by atoms with Crippen LogP contribution in [0.2, 0.25) is 0 Å². The number of hydrazine groups is 1. The van der Waals surface area contributed by atoms with Crippen LogP contribution in [0.5, 0.6) is 0 Å². The van der Waals surface area contributed by atoms with Gasteiger partial charge in [0, 0.05) is 17.8 Å². The van der Waals surface area contributed by atoms with Crippen LogP contribution in [0, 0.1) is 0 Å². The Balaban J connectivity index is 2.02. The lowest BCUT2D eigenvalue weighted by Gasteiger charge is -2.14. The number of ether oxygens (including phenoxy) is 1. The van der Waals surface area contributed by atoms with Crippen molar-refractivity contribution in [2.45, 2.75) is 104 Å². The lowest BCUT2D eigenvalue weighted by Crippen LogP contribution is -2.42. The molecule has 0 unspecified atom stereocenters. The molecule has 6 nitrogen and oxygen atoms in total. The van der Waals surface area contributed by atoms with Crippen molar-refractivity contribution < 1.29 is 14.3 Å². The monoisotopic (exact) mass is 447 g/mol. The molecule has 0 saturated heterocycles. The second-order valence-electron chi connectivity index (χ2n) is 8.47. The van der Waals surface area contributed by atoms with Crippen molar-refractivity contribution in [1.82, 2.24) is 5.01 Å². The third kappa shape index (κ3) is 12.7. The van der Waals surface area contributed by atoms with Crippen molar-refractivity contribution in [3.8, 4) is 0 Å². The van der Waals surface area contributed by atoms with E-state index < -0.39 is 12.0 Å². The summed E-state index contributed by atoms with van der Waals surface area (Å²) in [6.07, 6.45) is 18.1. The topological polar surface area (TPSA) is 84.7 Å². The van der Waals surface area contributed by atoms with Gasteiger partial charge in [-0.1, -0.05) is 90.4 Å². The van der Waals surface area contributed by atoms with Crippen molar-refractivity contribution in [3.63, 3.8) is 0 Å². The molecule has 0 aliphatic heterocycles. The van der Waals surface area contributed by atoms with Gasteiger partial charge in [0.15, 0.2) is 0 Å². The van der Waals surface area contributed by atoms with E-state index in [1.807, 2.05) is 12.1 Å². The summed E-state index contributed by atoms with van der Waals surface area (Å²) < 4.78 is 4.74. The average molecular weight is 448 g/mol. The number of rotatable bonds is 18. The molecule has 1 rings (SSSR count). The first-order valence-electron chi connectivity index (χ1n) is 12.7. The van der Waals surface area contributed by atoms with E-state index in [9.17, 15) is 9.59 Å². The van der Waals surface area contributed by atoms with Gasteiger partial charge >= 0.3 is 6.09 Å². The van der Waals surface area contributed by atoms with Crippen LogP contribution >= 0.6 is 0 Å². The number of amides is 2. The molecule has 0 saturated carbocycles. The number of carbonyl (C=O) groups excluding carboxylic acids is 2. The van der Waals surface area contributed by atoms with Gasteiger partial charge < -0.3 is 10.1 Å². The van der Waals surface area contributed by atoms with E-state index >= 15 is 0 Å². The Labute approximate surface area is 195 Å². The fourth-order valence-electron chi connectivity index (χ4n) is 3.70. The summed E-state index contributed by atoms with van der Waals surface area (Å²) >= 11 is 0. The number of nitrogens with two attached hydrogens (primary N) is 1. The fourth-order valence-corrected chi connectivity index (χ4v) is 3.70. The predicted molar refractivity (Wildman–Crippen MR) is 133 cm³/mol. The Morgan fingerprint density at radius 3 is 1.72 bits per heavy atom. The molecule has 0 atom stereocenters. The lowest BCUT2D eigenvalue weighted by molar-refractivity contribution is 0.0672. The first-order chi connectivity index (χ1) is 15.6. The molecule has 0 aromatic heterocycles. The zero-order chi connectivity index (χ0) is 23.4. The smallest absolute Gasteiger partial charge is 0.431 e. The van der Waals surface area contributed by atoms with Gasteiger partial charge in [0.1, 0.15) is 0 Å². The second kappa shape index (κ2) is 18.5. The van der Waals surface area contributed by atoms with E-state index in [0.717, 1.165) is 18.7 Å². The quantitative estimate of drug-likeness (QED) is 0.109. The maximum atomic E-state index is 12.2. The van der Waals surface area contributed by atoms with Gasteiger partial charge in [-0.3, -0.25) is 4.79 Å². The molecule has 0 fully saturated rings. The summed E-state index contributed by atoms with van der Waals surface area (Å²) in [5.74, 6) is 4.93. The average Bonchev–Trinajstić information content (AvgIpc) is 2.81. The summed E-state index contributed by atoms with van der Waals surface area (Å²) in [6.45, 7) is 5.01. The summed E-state index contributed by atoms with van der Waals surface area (Å²) in [7, 11) is 0. The molecule has 0 heterocycles. The van der Waals surface area contributed by atoms with Crippen molar-refractivity contribution in [2.24, 2.45) is 5.84 Å². The molecule has 6 heteroatoms. The summed E-state index contributed by atoms with van der Waals surface area (Å²) in [6, 6.07) is 6.98. The van der Waals surface area contributed by atoms with Crippen LogP contribution in [0.15, 0.2) is 24.3 Å². The number of imide groups is 1. The molecule has 1 aromatic rings. The molecule has 1 aromatic carbocycles. The zero-order valence-electron chi connectivity index (χ0n) is 20.4. The van der Waals surface area contributed by atoms with Crippen LogP contribution in [-0.4, -0.2) is 30.2 Å². The van der Waals surface area contributed by atoms with Gasteiger partial charge in [-0.15, -0.1) is 0 Å². The second-order valence-corrected chi connectivity index (χ2v) is 8.47. The standard InChI is InChI=1S/C26H45N3O3/c1-3-5-6-7-8-9-10-11-12-13-14-15-16-17-22-28-24-20-18-23(19-21-24)25(30)29(27)26(31)32-4-2/h18-21,28H,3-17,22,27H2,1-2H3. The largest absolute Gasteiger partial charge is 0.448 e. The first kappa shape index (κ1) is 28.0. The van der Waals surface area contributed by atoms with Gasteiger partial charge in [-0.05, 0) is 37.6 Å². The van der Waals surface area contributed by atoms with Crippen LogP contribution in [0.4, 0.5) is 10.5 Å². The first-order valence-corrected chi connectivity index (χ1v) is 12.7. The molecule has 32 heavy (non-hydrogen) atoms. The third-order valence-corrected chi connectivity index (χ3v) is 5.67. The molecular weight excluding hydrogens is 402 g/mol. The molecule has 0 spiro atoms. The minimum absolute atomic E-state index is 0.169. The number of nitrogens with one attached hydrogen (secondary N) is 1. The maximum Gasteiger partial charge on any atom is 0.431 e. The Hall–Kier alpha value is -2.08. The summed E-state index contributed by atoms with van der Waals surface area (Å²) in [5, 5.41) is 3.88.